The molecule has 17 heavy (non-hydrogen) atoms. The van der Waals surface area contributed by atoms with Gasteiger partial charge in [0.15, 0.2) is 0 Å². The molecule has 1 aliphatic rings. The number of benzene rings is 1. The first-order valence-electron chi connectivity index (χ1n) is 6.90. The summed E-state index contributed by atoms with van der Waals surface area (Å²) in [5.41, 5.74) is 7.90. The first-order chi connectivity index (χ1) is 8.34. The lowest BCUT2D eigenvalue weighted by molar-refractivity contribution is 0.292. The molecule has 94 valence electrons. The van der Waals surface area contributed by atoms with Gasteiger partial charge in [0.1, 0.15) is 0 Å². The summed E-state index contributed by atoms with van der Waals surface area (Å²) in [6.07, 6.45) is 8.13. The van der Waals surface area contributed by atoms with E-state index in [4.69, 9.17) is 5.73 Å². The van der Waals surface area contributed by atoms with E-state index in [0.29, 0.717) is 0 Å². The minimum Gasteiger partial charge on any atom is -0.399 e. The number of aryl methyl sites for hydroxylation is 1. The molecule has 1 aromatic carbocycles. The van der Waals surface area contributed by atoms with Crippen molar-refractivity contribution in [3.8, 4) is 0 Å². The third-order valence-corrected chi connectivity index (χ3v) is 3.75. The van der Waals surface area contributed by atoms with Crippen LogP contribution in [0, 0.1) is 5.92 Å². The second kappa shape index (κ2) is 6.65. The lowest BCUT2D eigenvalue weighted by Crippen LogP contribution is -2.22. The molecule has 1 fully saturated rings. The molecule has 1 aliphatic carbocycles. The summed E-state index contributed by atoms with van der Waals surface area (Å²) >= 11 is 0. The van der Waals surface area contributed by atoms with Crippen LogP contribution in [-0.4, -0.2) is 13.1 Å². The molecule has 3 N–H and O–H groups in total. The van der Waals surface area contributed by atoms with E-state index in [0.717, 1.165) is 24.6 Å². The Morgan fingerprint density at radius 1 is 1.12 bits per heavy atom. The first-order valence-corrected chi connectivity index (χ1v) is 6.90. The van der Waals surface area contributed by atoms with Crippen LogP contribution in [0.25, 0.3) is 0 Å². The maximum atomic E-state index is 5.66. The molecule has 0 bridgehead atoms. The highest BCUT2D eigenvalue weighted by molar-refractivity contribution is 5.39. The van der Waals surface area contributed by atoms with Crippen molar-refractivity contribution in [2.45, 2.75) is 38.5 Å². The molecule has 1 saturated carbocycles. The molecular formula is C15H24N2. The van der Waals surface area contributed by atoms with Crippen LogP contribution < -0.4 is 11.1 Å². The van der Waals surface area contributed by atoms with Gasteiger partial charge in [0.25, 0.3) is 0 Å². The molecule has 0 unspecified atom stereocenters. The molecular weight excluding hydrogens is 208 g/mol. The monoisotopic (exact) mass is 232 g/mol. The molecule has 0 aliphatic heterocycles. The van der Waals surface area contributed by atoms with Crippen molar-refractivity contribution in [2.24, 2.45) is 5.92 Å². The molecule has 0 radical (unpaired) electrons. The van der Waals surface area contributed by atoms with Gasteiger partial charge in [0.05, 0.1) is 0 Å². The molecule has 2 rings (SSSR count). The topological polar surface area (TPSA) is 38.0 Å². The highest BCUT2D eigenvalue weighted by atomic mass is 14.8. The zero-order valence-electron chi connectivity index (χ0n) is 10.6. The third-order valence-electron chi connectivity index (χ3n) is 3.75. The standard InChI is InChI=1S/C15H24N2/c16-15-8-6-14(7-9-15)5-2-11-17-12-10-13-3-1-4-13/h6-9,13,17H,1-5,10-12,16H2. The largest absolute Gasteiger partial charge is 0.399 e. The Morgan fingerprint density at radius 2 is 1.88 bits per heavy atom. The van der Waals surface area contributed by atoms with Gasteiger partial charge < -0.3 is 11.1 Å². The summed E-state index contributed by atoms with van der Waals surface area (Å²) in [6.45, 7) is 2.34. The maximum absolute atomic E-state index is 5.66. The fourth-order valence-electron chi connectivity index (χ4n) is 2.31. The van der Waals surface area contributed by atoms with Crippen molar-refractivity contribution in [1.82, 2.24) is 5.32 Å². The van der Waals surface area contributed by atoms with Gasteiger partial charge in [0.2, 0.25) is 0 Å². The summed E-state index contributed by atoms with van der Waals surface area (Å²) in [7, 11) is 0. The number of nitrogens with two attached hydrogens (primary N) is 1. The van der Waals surface area contributed by atoms with E-state index < -0.39 is 0 Å². The van der Waals surface area contributed by atoms with Gasteiger partial charge in [-0.15, -0.1) is 0 Å². The van der Waals surface area contributed by atoms with E-state index in [1.807, 2.05) is 12.1 Å². The lowest BCUT2D eigenvalue weighted by atomic mass is 9.83. The predicted octanol–water partition coefficient (Wildman–Crippen LogP) is 2.98. The van der Waals surface area contributed by atoms with E-state index >= 15 is 0 Å². The second-order valence-electron chi connectivity index (χ2n) is 5.18. The summed E-state index contributed by atoms with van der Waals surface area (Å²) in [5, 5.41) is 3.54. The van der Waals surface area contributed by atoms with E-state index in [1.165, 1.54) is 44.2 Å². The number of hydrogen-bond acceptors (Lipinski definition) is 2. The zero-order valence-corrected chi connectivity index (χ0v) is 10.6. The number of rotatable bonds is 7. The van der Waals surface area contributed by atoms with Gasteiger partial charge >= 0.3 is 0 Å². The van der Waals surface area contributed by atoms with Crippen LogP contribution in [0.2, 0.25) is 0 Å². The Kier molecular flexibility index (Phi) is 4.87. The van der Waals surface area contributed by atoms with Crippen LogP contribution >= 0.6 is 0 Å². The Labute approximate surface area is 105 Å². The van der Waals surface area contributed by atoms with Crippen LogP contribution in [0.5, 0.6) is 0 Å². The molecule has 0 amide bonds. The smallest absolute Gasteiger partial charge is 0.0314 e. The average molecular weight is 232 g/mol. The SMILES string of the molecule is Nc1ccc(CCCNCCC2CCC2)cc1. The molecule has 2 heteroatoms. The second-order valence-corrected chi connectivity index (χ2v) is 5.18. The van der Waals surface area contributed by atoms with Crippen LogP contribution in [0.1, 0.15) is 37.7 Å². The Balaban J connectivity index is 1.49. The Bertz CT molecular complexity index is 314. The van der Waals surface area contributed by atoms with E-state index in [2.05, 4.69) is 17.4 Å². The molecule has 1 aromatic rings. The van der Waals surface area contributed by atoms with E-state index in [-0.39, 0.29) is 0 Å². The highest BCUT2D eigenvalue weighted by Crippen LogP contribution is 2.28. The number of hydrogen-bond donors (Lipinski definition) is 2. The molecule has 0 spiro atoms. The van der Waals surface area contributed by atoms with Crippen LogP contribution in [0.3, 0.4) is 0 Å². The van der Waals surface area contributed by atoms with Crippen molar-refractivity contribution in [1.29, 1.82) is 0 Å². The average Bonchev–Trinajstić information content (AvgIpc) is 2.28. The van der Waals surface area contributed by atoms with Crippen molar-refractivity contribution < 1.29 is 0 Å². The van der Waals surface area contributed by atoms with Gasteiger partial charge in [-0.25, -0.2) is 0 Å². The van der Waals surface area contributed by atoms with E-state index in [1.54, 1.807) is 0 Å². The molecule has 0 saturated heterocycles. The summed E-state index contributed by atoms with van der Waals surface area (Å²) in [5.74, 6) is 1.03. The maximum Gasteiger partial charge on any atom is 0.0314 e. The van der Waals surface area contributed by atoms with Gasteiger partial charge in [-0.1, -0.05) is 31.4 Å². The van der Waals surface area contributed by atoms with Crippen LogP contribution in [-0.2, 0) is 6.42 Å². The molecule has 2 nitrogen and oxygen atoms in total. The lowest BCUT2D eigenvalue weighted by Gasteiger charge is -2.25. The van der Waals surface area contributed by atoms with Crippen LogP contribution in [0.4, 0.5) is 5.69 Å². The molecule has 0 aromatic heterocycles. The van der Waals surface area contributed by atoms with Gasteiger partial charge in [-0.2, -0.15) is 0 Å². The van der Waals surface area contributed by atoms with Crippen LogP contribution in [0.15, 0.2) is 24.3 Å². The Hall–Kier alpha value is -1.02. The minimum atomic E-state index is 0.854. The quantitative estimate of drug-likeness (QED) is 0.560. The molecule has 0 atom stereocenters. The Morgan fingerprint density at radius 3 is 2.53 bits per heavy atom. The first kappa shape index (κ1) is 12.4. The van der Waals surface area contributed by atoms with Crippen molar-refractivity contribution >= 4 is 5.69 Å². The predicted molar refractivity (Wildman–Crippen MR) is 74.0 cm³/mol. The van der Waals surface area contributed by atoms with Crippen molar-refractivity contribution in [2.75, 3.05) is 18.8 Å². The number of nitrogens with one attached hydrogen (secondary N) is 1. The van der Waals surface area contributed by atoms with Gasteiger partial charge in [-0.05, 0) is 56.0 Å². The summed E-state index contributed by atoms with van der Waals surface area (Å²) < 4.78 is 0. The summed E-state index contributed by atoms with van der Waals surface area (Å²) in [4.78, 5) is 0. The highest BCUT2D eigenvalue weighted by Gasteiger charge is 2.15. The fourth-order valence-corrected chi connectivity index (χ4v) is 2.31. The van der Waals surface area contributed by atoms with Gasteiger partial charge in [0, 0.05) is 5.69 Å². The third kappa shape index (κ3) is 4.39. The normalized spacial score (nSPS) is 15.8. The van der Waals surface area contributed by atoms with Crippen molar-refractivity contribution in [3.63, 3.8) is 0 Å². The molecule has 0 heterocycles. The fraction of sp³-hybridized carbons (Fsp3) is 0.600. The number of anilines is 1. The van der Waals surface area contributed by atoms with Crippen molar-refractivity contribution in [3.05, 3.63) is 29.8 Å². The summed E-state index contributed by atoms with van der Waals surface area (Å²) in [6, 6.07) is 8.23. The zero-order chi connectivity index (χ0) is 11.9. The number of nitrogen functional groups attached to an aromatic ring is 1. The van der Waals surface area contributed by atoms with Gasteiger partial charge in [-0.3, -0.25) is 0 Å². The minimum absolute atomic E-state index is 0.854. The van der Waals surface area contributed by atoms with E-state index in [9.17, 15) is 0 Å².